The van der Waals surface area contributed by atoms with Gasteiger partial charge in [0.25, 0.3) is 5.91 Å². The summed E-state index contributed by atoms with van der Waals surface area (Å²) < 4.78 is 10.9. The number of fused-ring (bicyclic) bond motifs is 1. The van der Waals surface area contributed by atoms with Crippen LogP contribution in [0.3, 0.4) is 0 Å². The van der Waals surface area contributed by atoms with E-state index >= 15 is 0 Å². The molecule has 0 bridgehead atoms. The highest BCUT2D eigenvalue weighted by atomic mass is 16.5. The van der Waals surface area contributed by atoms with E-state index in [1.807, 2.05) is 31.2 Å². The Labute approximate surface area is 165 Å². The average Bonchev–Trinajstić information content (AvgIpc) is 3.16. The fourth-order valence-corrected chi connectivity index (χ4v) is 3.98. The first-order valence-electron chi connectivity index (χ1n) is 9.69. The second-order valence-corrected chi connectivity index (χ2v) is 7.58. The van der Waals surface area contributed by atoms with Crippen molar-refractivity contribution >= 4 is 16.8 Å². The molecule has 2 heterocycles. The summed E-state index contributed by atoms with van der Waals surface area (Å²) in [5.41, 5.74) is 3.84. The van der Waals surface area contributed by atoms with Crippen LogP contribution in [0.2, 0.25) is 0 Å². The van der Waals surface area contributed by atoms with Crippen molar-refractivity contribution in [1.29, 1.82) is 0 Å². The summed E-state index contributed by atoms with van der Waals surface area (Å²) in [5, 5.41) is 4.20. The lowest BCUT2D eigenvalue weighted by Crippen LogP contribution is -2.44. The number of ether oxygens (including phenoxy) is 2. The lowest BCUT2D eigenvalue weighted by molar-refractivity contribution is 0.0486. The molecule has 0 unspecified atom stereocenters. The number of carbonyl (C=O) groups is 1. The predicted molar refractivity (Wildman–Crippen MR) is 110 cm³/mol. The normalized spacial score (nSPS) is 16.1. The first-order valence-corrected chi connectivity index (χ1v) is 9.69. The Hall–Kier alpha value is -2.79. The summed E-state index contributed by atoms with van der Waals surface area (Å²) in [6.07, 6.45) is 1.76. The minimum absolute atomic E-state index is 0.0757. The number of carbonyl (C=O) groups excluding carboxylic acids is 1. The number of rotatable bonds is 5. The molecular formula is C23H26N2O3. The van der Waals surface area contributed by atoms with Crippen molar-refractivity contribution < 1.29 is 14.3 Å². The zero-order chi connectivity index (χ0) is 19.6. The van der Waals surface area contributed by atoms with Crippen molar-refractivity contribution in [1.82, 2.24) is 10.3 Å². The number of methoxy groups -OCH3 is 1. The molecule has 0 radical (unpaired) electrons. The van der Waals surface area contributed by atoms with Crippen LogP contribution in [0.15, 0.2) is 48.5 Å². The van der Waals surface area contributed by atoms with E-state index in [0.717, 1.165) is 29.5 Å². The van der Waals surface area contributed by atoms with Crippen molar-refractivity contribution in [2.24, 2.45) is 0 Å². The zero-order valence-electron chi connectivity index (χ0n) is 16.4. The van der Waals surface area contributed by atoms with E-state index in [9.17, 15) is 4.79 Å². The van der Waals surface area contributed by atoms with Gasteiger partial charge in [-0.1, -0.05) is 24.3 Å². The van der Waals surface area contributed by atoms with Crippen molar-refractivity contribution in [3.8, 4) is 5.75 Å². The molecule has 5 heteroatoms. The van der Waals surface area contributed by atoms with Gasteiger partial charge in [0.2, 0.25) is 0 Å². The second kappa shape index (κ2) is 7.68. The number of amides is 1. The Morgan fingerprint density at radius 3 is 2.61 bits per heavy atom. The van der Waals surface area contributed by atoms with Gasteiger partial charge in [0.1, 0.15) is 11.4 Å². The predicted octanol–water partition coefficient (Wildman–Crippen LogP) is 3.96. The third kappa shape index (κ3) is 3.62. The largest absolute Gasteiger partial charge is 0.497 e. The summed E-state index contributed by atoms with van der Waals surface area (Å²) in [4.78, 5) is 16.1. The summed E-state index contributed by atoms with van der Waals surface area (Å²) >= 11 is 0. The molecule has 3 aromatic rings. The van der Waals surface area contributed by atoms with Crippen LogP contribution >= 0.6 is 0 Å². The maximum absolute atomic E-state index is 12.8. The monoisotopic (exact) mass is 378 g/mol. The van der Waals surface area contributed by atoms with E-state index in [1.54, 1.807) is 7.11 Å². The first kappa shape index (κ1) is 18.6. The van der Waals surface area contributed by atoms with Crippen LogP contribution in [0.1, 0.15) is 34.5 Å². The quantitative estimate of drug-likeness (QED) is 0.706. The van der Waals surface area contributed by atoms with Crippen molar-refractivity contribution in [2.45, 2.75) is 25.2 Å². The Morgan fingerprint density at radius 2 is 1.89 bits per heavy atom. The van der Waals surface area contributed by atoms with Gasteiger partial charge >= 0.3 is 0 Å². The fraction of sp³-hybridized carbons (Fsp3) is 0.348. The highest BCUT2D eigenvalue weighted by Gasteiger charge is 2.35. The Balaban J connectivity index is 1.53. The molecule has 4 rings (SSSR count). The summed E-state index contributed by atoms with van der Waals surface area (Å²) in [5.74, 6) is 0.761. The number of hydrogen-bond donors (Lipinski definition) is 2. The third-order valence-corrected chi connectivity index (χ3v) is 5.76. The SMILES string of the molecule is COc1ccc(C2(CNC(=O)c3cc4ccc(C)cc4[nH]3)CCOCC2)cc1. The van der Waals surface area contributed by atoms with Gasteiger partial charge in [-0.3, -0.25) is 4.79 Å². The fourth-order valence-electron chi connectivity index (χ4n) is 3.98. The van der Waals surface area contributed by atoms with Crippen LogP contribution in [0.4, 0.5) is 0 Å². The molecule has 146 valence electrons. The molecule has 0 saturated carbocycles. The van der Waals surface area contributed by atoms with Gasteiger partial charge in [0, 0.05) is 36.1 Å². The van der Waals surface area contributed by atoms with Crippen LogP contribution < -0.4 is 10.1 Å². The molecule has 2 N–H and O–H groups in total. The highest BCUT2D eigenvalue weighted by Crippen LogP contribution is 2.35. The molecule has 1 aromatic heterocycles. The average molecular weight is 378 g/mol. The first-order chi connectivity index (χ1) is 13.6. The van der Waals surface area contributed by atoms with Crippen molar-refractivity contribution in [3.63, 3.8) is 0 Å². The Morgan fingerprint density at radius 1 is 1.14 bits per heavy atom. The maximum Gasteiger partial charge on any atom is 0.267 e. The minimum Gasteiger partial charge on any atom is -0.497 e. The molecular weight excluding hydrogens is 352 g/mol. The summed E-state index contributed by atoms with van der Waals surface area (Å²) in [6.45, 7) is 4.03. The van der Waals surface area contributed by atoms with Gasteiger partial charge in [-0.15, -0.1) is 0 Å². The highest BCUT2D eigenvalue weighted by molar-refractivity contribution is 5.98. The van der Waals surface area contributed by atoms with Gasteiger partial charge in [-0.25, -0.2) is 0 Å². The molecule has 1 aliphatic heterocycles. The van der Waals surface area contributed by atoms with E-state index in [2.05, 4.69) is 34.6 Å². The van der Waals surface area contributed by atoms with E-state index in [0.29, 0.717) is 25.5 Å². The van der Waals surface area contributed by atoms with Crippen LogP contribution in [0.25, 0.3) is 10.9 Å². The summed E-state index contributed by atoms with van der Waals surface area (Å²) in [6, 6.07) is 16.2. The van der Waals surface area contributed by atoms with Crippen LogP contribution in [0.5, 0.6) is 5.75 Å². The molecule has 1 amide bonds. The molecule has 0 atom stereocenters. The zero-order valence-corrected chi connectivity index (χ0v) is 16.4. The molecule has 28 heavy (non-hydrogen) atoms. The number of aromatic amines is 1. The number of aromatic nitrogens is 1. The lowest BCUT2D eigenvalue weighted by Gasteiger charge is -2.38. The van der Waals surface area contributed by atoms with Gasteiger partial charge in [0.05, 0.1) is 7.11 Å². The van der Waals surface area contributed by atoms with Gasteiger partial charge in [0.15, 0.2) is 0 Å². The van der Waals surface area contributed by atoms with Gasteiger partial charge < -0.3 is 19.8 Å². The molecule has 1 fully saturated rings. The minimum atomic E-state index is -0.122. The van der Waals surface area contributed by atoms with Crippen LogP contribution in [0, 0.1) is 6.92 Å². The van der Waals surface area contributed by atoms with E-state index in [4.69, 9.17) is 9.47 Å². The molecule has 1 saturated heterocycles. The van der Waals surface area contributed by atoms with E-state index < -0.39 is 0 Å². The van der Waals surface area contributed by atoms with Gasteiger partial charge in [-0.05, 0) is 55.2 Å². The smallest absolute Gasteiger partial charge is 0.267 e. The molecule has 1 aliphatic rings. The molecule has 5 nitrogen and oxygen atoms in total. The maximum atomic E-state index is 12.8. The van der Waals surface area contributed by atoms with Gasteiger partial charge in [-0.2, -0.15) is 0 Å². The van der Waals surface area contributed by atoms with Crippen molar-refractivity contribution in [3.05, 3.63) is 65.4 Å². The Kier molecular flexibility index (Phi) is 5.09. The molecule has 0 spiro atoms. The number of hydrogen-bond acceptors (Lipinski definition) is 3. The third-order valence-electron chi connectivity index (χ3n) is 5.76. The lowest BCUT2D eigenvalue weighted by atomic mass is 9.74. The van der Waals surface area contributed by atoms with Crippen molar-refractivity contribution in [2.75, 3.05) is 26.9 Å². The van der Waals surface area contributed by atoms with E-state index in [1.165, 1.54) is 11.1 Å². The van der Waals surface area contributed by atoms with Crippen LogP contribution in [-0.2, 0) is 10.2 Å². The molecule has 0 aliphatic carbocycles. The number of benzene rings is 2. The number of nitrogens with one attached hydrogen (secondary N) is 2. The number of H-pyrrole nitrogens is 1. The molecule has 2 aromatic carbocycles. The topological polar surface area (TPSA) is 63.3 Å². The second-order valence-electron chi connectivity index (χ2n) is 7.58. The van der Waals surface area contributed by atoms with Crippen LogP contribution in [-0.4, -0.2) is 37.8 Å². The van der Waals surface area contributed by atoms with E-state index in [-0.39, 0.29) is 11.3 Å². The number of aryl methyl sites for hydroxylation is 1. The summed E-state index contributed by atoms with van der Waals surface area (Å²) in [7, 11) is 1.67. The standard InChI is InChI=1S/C23H26N2O3/c1-16-3-4-17-14-21(25-20(17)13-16)22(26)24-15-23(9-11-28-12-10-23)18-5-7-19(27-2)8-6-18/h3-8,13-14,25H,9-12,15H2,1-2H3,(H,24,26). The Bertz CT molecular complexity index is 969.